The predicted molar refractivity (Wildman–Crippen MR) is 88.7 cm³/mol. The van der Waals surface area contributed by atoms with Crippen molar-refractivity contribution in [1.29, 1.82) is 0 Å². The van der Waals surface area contributed by atoms with Crippen molar-refractivity contribution >= 4 is 7.60 Å². The number of hydrogen-bond acceptors (Lipinski definition) is 3. The number of methoxy groups -OCH3 is 1. The smallest absolute Gasteiger partial charge is 0.329 e. The van der Waals surface area contributed by atoms with E-state index in [0.717, 1.165) is 16.9 Å². The van der Waals surface area contributed by atoms with Gasteiger partial charge in [0.05, 0.1) is 13.3 Å². The first kappa shape index (κ1) is 17.7. The Kier molecular flexibility index (Phi) is 5.97. The number of ether oxygens (including phenoxy) is 2. The minimum absolute atomic E-state index is 0.227. The lowest BCUT2D eigenvalue weighted by atomic mass is 10.00. The van der Waals surface area contributed by atoms with Crippen LogP contribution in [0.1, 0.15) is 29.7 Å². The Labute approximate surface area is 136 Å². The van der Waals surface area contributed by atoms with Crippen molar-refractivity contribution in [3.05, 3.63) is 65.2 Å². The molecule has 2 rings (SSSR count). The van der Waals surface area contributed by atoms with E-state index in [1.807, 2.05) is 43.3 Å². The molecule has 0 heterocycles. The van der Waals surface area contributed by atoms with E-state index in [0.29, 0.717) is 12.2 Å². The molecule has 0 spiro atoms. The quantitative estimate of drug-likeness (QED) is 0.757. The molecule has 0 bridgehead atoms. The summed E-state index contributed by atoms with van der Waals surface area (Å²) in [5.41, 5.74) is 2.54. The van der Waals surface area contributed by atoms with Crippen molar-refractivity contribution in [2.24, 2.45) is 0 Å². The number of hydrogen-bond donors (Lipinski definition) is 2. The molecule has 1 unspecified atom stereocenters. The van der Waals surface area contributed by atoms with Crippen molar-refractivity contribution in [3.8, 4) is 5.75 Å². The van der Waals surface area contributed by atoms with Gasteiger partial charge < -0.3 is 19.3 Å². The van der Waals surface area contributed by atoms with E-state index in [9.17, 15) is 4.57 Å². The van der Waals surface area contributed by atoms with Crippen molar-refractivity contribution in [2.45, 2.75) is 19.2 Å². The zero-order valence-corrected chi connectivity index (χ0v) is 14.1. The summed E-state index contributed by atoms with van der Waals surface area (Å²) in [5.74, 6) is 0.779. The van der Waals surface area contributed by atoms with Crippen LogP contribution < -0.4 is 4.74 Å². The van der Waals surface area contributed by atoms with Gasteiger partial charge >= 0.3 is 7.60 Å². The van der Waals surface area contributed by atoms with Crippen LogP contribution in [-0.2, 0) is 15.5 Å². The van der Waals surface area contributed by atoms with Crippen molar-refractivity contribution in [3.63, 3.8) is 0 Å². The summed E-state index contributed by atoms with van der Waals surface area (Å²) in [6.07, 6.45) is -0.482. The van der Waals surface area contributed by atoms with Gasteiger partial charge in [0.15, 0.2) is 0 Å². The Balaban J connectivity index is 2.24. The van der Waals surface area contributed by atoms with E-state index in [2.05, 4.69) is 0 Å². The molecule has 0 aliphatic carbocycles. The average Bonchev–Trinajstić information content (AvgIpc) is 2.52. The summed E-state index contributed by atoms with van der Waals surface area (Å²) in [6, 6.07) is 14.8. The molecule has 0 amide bonds. The first-order valence-corrected chi connectivity index (χ1v) is 9.11. The topological polar surface area (TPSA) is 76.0 Å². The Bertz CT molecular complexity index is 660. The predicted octanol–water partition coefficient (Wildman–Crippen LogP) is 3.50. The first-order chi connectivity index (χ1) is 10.9. The van der Waals surface area contributed by atoms with Gasteiger partial charge in [-0.1, -0.05) is 36.4 Å². The van der Waals surface area contributed by atoms with Crippen LogP contribution >= 0.6 is 7.60 Å². The fourth-order valence-corrected chi connectivity index (χ4v) is 3.05. The highest BCUT2D eigenvalue weighted by atomic mass is 31.2. The second-order valence-corrected chi connectivity index (χ2v) is 6.82. The minimum Gasteiger partial charge on any atom is -0.497 e. The molecular formula is C17H21O5P. The van der Waals surface area contributed by atoms with Crippen LogP contribution in [0, 0.1) is 0 Å². The molecule has 0 saturated carbocycles. The molecule has 0 aliphatic heterocycles. The van der Waals surface area contributed by atoms with E-state index in [4.69, 9.17) is 19.3 Å². The van der Waals surface area contributed by atoms with Crippen molar-refractivity contribution in [1.82, 2.24) is 0 Å². The van der Waals surface area contributed by atoms with E-state index in [1.54, 1.807) is 19.2 Å². The molecule has 1 atom stereocenters. The Hall–Kier alpha value is -1.65. The fraction of sp³-hybridized carbons (Fsp3) is 0.294. The standard InChI is InChI=1S/C17H21O5P/c1-3-22-17(15-8-10-16(21-2)11-9-15)14-6-4-13(5-7-14)12-23(18,19)20/h4-11,17H,3,12H2,1-2H3,(H2,18,19,20). The molecule has 6 heteroatoms. The van der Waals surface area contributed by atoms with Crippen LogP contribution in [0.15, 0.2) is 48.5 Å². The SMILES string of the molecule is CCOC(c1ccc(CP(=O)(O)O)cc1)c1ccc(OC)cc1. The molecule has 2 aromatic carbocycles. The minimum atomic E-state index is -4.05. The molecule has 0 fully saturated rings. The third kappa shape index (κ3) is 5.19. The van der Waals surface area contributed by atoms with Gasteiger partial charge in [0.1, 0.15) is 11.9 Å². The van der Waals surface area contributed by atoms with Crippen LogP contribution in [0.4, 0.5) is 0 Å². The van der Waals surface area contributed by atoms with Crippen molar-refractivity contribution < 1.29 is 23.8 Å². The molecule has 23 heavy (non-hydrogen) atoms. The molecule has 0 radical (unpaired) electrons. The summed E-state index contributed by atoms with van der Waals surface area (Å²) in [7, 11) is -2.43. The molecule has 0 saturated heterocycles. The summed E-state index contributed by atoms with van der Waals surface area (Å²) >= 11 is 0. The maximum atomic E-state index is 11.1. The van der Waals surface area contributed by atoms with Crippen molar-refractivity contribution in [2.75, 3.05) is 13.7 Å². The van der Waals surface area contributed by atoms with E-state index >= 15 is 0 Å². The zero-order valence-electron chi connectivity index (χ0n) is 13.2. The van der Waals surface area contributed by atoms with Gasteiger partial charge in [0.25, 0.3) is 0 Å². The van der Waals surface area contributed by atoms with Crippen LogP contribution in [0.5, 0.6) is 5.75 Å². The molecular weight excluding hydrogens is 315 g/mol. The normalized spacial score (nSPS) is 12.9. The van der Waals surface area contributed by atoms with Crippen LogP contribution in [-0.4, -0.2) is 23.5 Å². The Morgan fingerprint density at radius 2 is 1.52 bits per heavy atom. The lowest BCUT2D eigenvalue weighted by molar-refractivity contribution is 0.0913. The van der Waals surface area contributed by atoms with Gasteiger partial charge in [-0.05, 0) is 35.7 Å². The summed E-state index contributed by atoms with van der Waals surface area (Å²) in [4.78, 5) is 18.1. The molecule has 2 N–H and O–H groups in total. The lowest BCUT2D eigenvalue weighted by Gasteiger charge is -2.19. The largest absolute Gasteiger partial charge is 0.497 e. The molecule has 2 aromatic rings. The Morgan fingerprint density at radius 3 is 1.96 bits per heavy atom. The van der Waals surface area contributed by atoms with Gasteiger partial charge in [-0.3, -0.25) is 4.57 Å². The van der Waals surface area contributed by atoms with E-state index in [-0.39, 0.29) is 12.3 Å². The highest BCUT2D eigenvalue weighted by Crippen LogP contribution is 2.39. The zero-order chi connectivity index (χ0) is 16.9. The van der Waals surface area contributed by atoms with Crippen LogP contribution in [0.25, 0.3) is 0 Å². The number of benzene rings is 2. The Morgan fingerprint density at radius 1 is 1.00 bits per heavy atom. The highest BCUT2D eigenvalue weighted by Gasteiger charge is 2.17. The van der Waals surface area contributed by atoms with Crippen LogP contribution in [0.2, 0.25) is 0 Å². The van der Waals surface area contributed by atoms with Gasteiger partial charge in [-0.25, -0.2) is 0 Å². The van der Waals surface area contributed by atoms with E-state index < -0.39 is 7.60 Å². The third-order valence-corrected chi connectivity index (χ3v) is 4.20. The number of rotatable bonds is 7. The highest BCUT2D eigenvalue weighted by molar-refractivity contribution is 7.50. The van der Waals surface area contributed by atoms with Gasteiger partial charge in [-0.2, -0.15) is 0 Å². The van der Waals surface area contributed by atoms with Gasteiger partial charge in [-0.15, -0.1) is 0 Å². The van der Waals surface area contributed by atoms with E-state index in [1.165, 1.54) is 0 Å². The fourth-order valence-electron chi connectivity index (χ4n) is 2.37. The van der Waals surface area contributed by atoms with Gasteiger partial charge in [0, 0.05) is 6.61 Å². The maximum Gasteiger partial charge on any atom is 0.329 e. The summed E-state index contributed by atoms with van der Waals surface area (Å²) in [5, 5.41) is 0. The average molecular weight is 336 g/mol. The van der Waals surface area contributed by atoms with Crippen LogP contribution in [0.3, 0.4) is 0 Å². The summed E-state index contributed by atoms with van der Waals surface area (Å²) < 4.78 is 22.1. The second-order valence-electron chi connectivity index (χ2n) is 5.17. The molecule has 124 valence electrons. The molecule has 0 aliphatic rings. The summed E-state index contributed by atoms with van der Waals surface area (Å²) in [6.45, 7) is 2.49. The first-order valence-electron chi connectivity index (χ1n) is 7.32. The monoisotopic (exact) mass is 336 g/mol. The third-order valence-electron chi connectivity index (χ3n) is 3.42. The molecule has 5 nitrogen and oxygen atoms in total. The second kappa shape index (κ2) is 7.75. The van der Waals surface area contributed by atoms with Gasteiger partial charge in [0.2, 0.25) is 0 Å². The molecule has 0 aromatic heterocycles. The lowest BCUT2D eigenvalue weighted by Crippen LogP contribution is -2.06. The maximum absolute atomic E-state index is 11.1.